The molecule has 0 bridgehead atoms. The Hall–Kier alpha value is -3.26. The Kier molecular flexibility index (Phi) is 4.35. The summed E-state index contributed by atoms with van der Waals surface area (Å²) in [6, 6.07) is 9.01. The molecule has 3 aromatic rings. The second kappa shape index (κ2) is 6.72. The van der Waals surface area contributed by atoms with Gasteiger partial charge in [-0.3, -0.25) is 9.59 Å². The fourth-order valence-electron chi connectivity index (χ4n) is 3.39. The number of nitrogen functional groups attached to an aromatic ring is 1. The molecule has 1 atom stereocenters. The van der Waals surface area contributed by atoms with E-state index in [1.807, 2.05) is 0 Å². The highest BCUT2D eigenvalue weighted by Gasteiger charge is 2.43. The first-order valence-corrected chi connectivity index (χ1v) is 8.84. The molecule has 1 aliphatic rings. The van der Waals surface area contributed by atoms with Crippen molar-refractivity contribution >= 4 is 34.9 Å². The van der Waals surface area contributed by atoms with Crippen molar-refractivity contribution in [1.29, 1.82) is 0 Å². The summed E-state index contributed by atoms with van der Waals surface area (Å²) in [6.07, 6.45) is 1.54. The summed E-state index contributed by atoms with van der Waals surface area (Å²) in [5.74, 6) is -1.52. The van der Waals surface area contributed by atoms with Crippen molar-refractivity contribution < 1.29 is 14.0 Å². The number of nitrogens with zero attached hydrogens (tertiary/aromatic N) is 4. The molecule has 28 heavy (non-hydrogen) atoms. The number of aryl methyl sites for hydroxylation is 1. The van der Waals surface area contributed by atoms with Gasteiger partial charge in [-0.15, -0.1) is 0 Å². The number of pyridine rings is 1. The zero-order chi connectivity index (χ0) is 20.0. The molecule has 1 aliphatic heterocycles. The van der Waals surface area contributed by atoms with Gasteiger partial charge < -0.3 is 5.73 Å². The fraction of sp³-hybridized carbons (Fsp3) is 0.158. The lowest BCUT2D eigenvalue weighted by Crippen LogP contribution is -2.30. The minimum absolute atomic E-state index is 0.0627. The predicted octanol–water partition coefficient (Wildman–Crippen LogP) is 3.00. The van der Waals surface area contributed by atoms with Gasteiger partial charge in [-0.1, -0.05) is 17.7 Å². The van der Waals surface area contributed by atoms with Crippen molar-refractivity contribution in [2.24, 2.45) is 0 Å². The number of nitrogens with two attached hydrogens (primary N) is 1. The smallest absolute Gasteiger partial charge is 0.242 e. The van der Waals surface area contributed by atoms with E-state index in [2.05, 4.69) is 10.1 Å². The van der Waals surface area contributed by atoms with Crippen LogP contribution in [0.25, 0.3) is 5.82 Å². The molecule has 9 heteroatoms. The van der Waals surface area contributed by atoms with E-state index >= 15 is 0 Å². The molecule has 7 nitrogen and oxygen atoms in total. The summed E-state index contributed by atoms with van der Waals surface area (Å²) >= 11 is 5.80. The molecule has 2 aromatic heterocycles. The number of hydrogen-bond acceptors (Lipinski definition) is 5. The molecule has 3 heterocycles. The van der Waals surface area contributed by atoms with Crippen molar-refractivity contribution in [2.75, 3.05) is 10.6 Å². The number of carbonyl (C=O) groups excluding carboxylic acids is 2. The largest absolute Gasteiger partial charge is 0.383 e. The van der Waals surface area contributed by atoms with Gasteiger partial charge in [-0.2, -0.15) is 9.78 Å². The monoisotopic (exact) mass is 399 g/mol. The first-order chi connectivity index (χ1) is 13.4. The minimum Gasteiger partial charge on any atom is -0.383 e. The number of hydrogen-bond donors (Lipinski definition) is 1. The van der Waals surface area contributed by atoms with Gasteiger partial charge in [0, 0.05) is 18.2 Å². The summed E-state index contributed by atoms with van der Waals surface area (Å²) in [7, 11) is 0. The Labute approximate surface area is 164 Å². The second-order valence-electron chi connectivity index (χ2n) is 6.41. The quantitative estimate of drug-likeness (QED) is 0.683. The maximum absolute atomic E-state index is 13.4. The van der Waals surface area contributed by atoms with Crippen molar-refractivity contribution in [3.8, 4) is 5.82 Å². The van der Waals surface area contributed by atoms with Gasteiger partial charge in [0.25, 0.3) is 0 Å². The number of aromatic nitrogens is 3. The third kappa shape index (κ3) is 2.82. The maximum Gasteiger partial charge on any atom is 0.242 e. The van der Waals surface area contributed by atoms with E-state index in [-0.39, 0.29) is 22.9 Å². The average Bonchev–Trinajstić information content (AvgIpc) is 3.13. The van der Waals surface area contributed by atoms with Gasteiger partial charge in [0.2, 0.25) is 11.8 Å². The van der Waals surface area contributed by atoms with E-state index in [4.69, 9.17) is 17.3 Å². The number of benzene rings is 1. The molecule has 0 saturated carbocycles. The Balaban J connectivity index is 1.73. The average molecular weight is 400 g/mol. The van der Waals surface area contributed by atoms with E-state index in [9.17, 15) is 14.0 Å². The number of carbonyl (C=O) groups is 2. The van der Waals surface area contributed by atoms with Crippen LogP contribution in [-0.2, 0) is 9.59 Å². The van der Waals surface area contributed by atoms with Crippen LogP contribution >= 0.6 is 11.6 Å². The molecular weight excluding hydrogens is 385 g/mol. The van der Waals surface area contributed by atoms with E-state index < -0.39 is 23.5 Å². The second-order valence-corrected chi connectivity index (χ2v) is 6.81. The highest BCUT2D eigenvalue weighted by molar-refractivity contribution is 6.31. The Morgan fingerprint density at radius 1 is 1.25 bits per heavy atom. The molecule has 0 spiro atoms. The number of halogens is 2. The van der Waals surface area contributed by atoms with E-state index in [1.54, 1.807) is 31.3 Å². The Morgan fingerprint density at radius 3 is 2.71 bits per heavy atom. The van der Waals surface area contributed by atoms with Crippen LogP contribution in [0.5, 0.6) is 0 Å². The fourth-order valence-corrected chi connectivity index (χ4v) is 3.57. The first-order valence-electron chi connectivity index (χ1n) is 8.46. The van der Waals surface area contributed by atoms with Crippen LogP contribution in [0.1, 0.15) is 23.6 Å². The number of anilines is 2. The molecule has 0 radical (unpaired) electrons. The zero-order valence-corrected chi connectivity index (χ0v) is 15.5. The first kappa shape index (κ1) is 18.1. The van der Waals surface area contributed by atoms with Crippen LogP contribution in [0, 0.1) is 12.7 Å². The number of amides is 2. The van der Waals surface area contributed by atoms with Gasteiger partial charge in [0.05, 0.1) is 22.3 Å². The summed E-state index contributed by atoms with van der Waals surface area (Å²) in [5, 5.41) is 4.22. The molecule has 1 aromatic carbocycles. The third-order valence-corrected chi connectivity index (χ3v) is 4.96. The summed E-state index contributed by atoms with van der Waals surface area (Å²) in [6.45, 7) is 1.72. The summed E-state index contributed by atoms with van der Waals surface area (Å²) in [4.78, 5) is 30.8. The van der Waals surface area contributed by atoms with E-state index in [0.29, 0.717) is 17.1 Å². The SMILES string of the molecule is Cc1nn(-c2ccccn2)c(N)c1[C@@H]1CC(=O)N(c2ccc(F)c(Cl)c2)C1=O. The lowest BCUT2D eigenvalue weighted by atomic mass is 9.97. The van der Waals surface area contributed by atoms with Crippen molar-refractivity contribution in [1.82, 2.24) is 14.8 Å². The standard InChI is InChI=1S/C19H15ClFN5O2/c1-10-17(18(22)26(24-10)15-4-2-3-7-23-15)12-9-16(27)25(19(12)28)11-5-6-14(21)13(20)8-11/h2-8,12H,9,22H2,1H3/t12-/m0/s1. The highest BCUT2D eigenvalue weighted by atomic mass is 35.5. The maximum atomic E-state index is 13.4. The normalized spacial score (nSPS) is 16.8. The lowest BCUT2D eigenvalue weighted by Gasteiger charge is -2.15. The van der Waals surface area contributed by atoms with Gasteiger partial charge in [0.15, 0.2) is 5.82 Å². The van der Waals surface area contributed by atoms with Crippen molar-refractivity contribution in [2.45, 2.75) is 19.3 Å². The molecule has 1 fully saturated rings. The minimum atomic E-state index is -0.784. The summed E-state index contributed by atoms with van der Waals surface area (Å²) < 4.78 is 14.9. The number of imide groups is 1. The van der Waals surface area contributed by atoms with E-state index in [0.717, 1.165) is 11.0 Å². The molecule has 2 N–H and O–H groups in total. The lowest BCUT2D eigenvalue weighted by molar-refractivity contribution is -0.121. The third-order valence-electron chi connectivity index (χ3n) is 4.67. The Bertz CT molecular complexity index is 1100. The number of rotatable bonds is 3. The van der Waals surface area contributed by atoms with E-state index in [1.165, 1.54) is 16.8 Å². The highest BCUT2D eigenvalue weighted by Crippen LogP contribution is 2.38. The van der Waals surface area contributed by atoms with Crippen LogP contribution in [0.2, 0.25) is 5.02 Å². The van der Waals surface area contributed by atoms with Gasteiger partial charge in [0.1, 0.15) is 11.6 Å². The molecule has 0 aliphatic carbocycles. The molecule has 2 amide bonds. The van der Waals surface area contributed by atoms with Gasteiger partial charge >= 0.3 is 0 Å². The molecule has 4 rings (SSSR count). The zero-order valence-electron chi connectivity index (χ0n) is 14.8. The summed E-state index contributed by atoms with van der Waals surface area (Å²) in [5.41, 5.74) is 7.50. The Morgan fingerprint density at radius 2 is 2.04 bits per heavy atom. The van der Waals surface area contributed by atoms with Crippen molar-refractivity contribution in [3.05, 3.63) is 64.7 Å². The van der Waals surface area contributed by atoms with Crippen LogP contribution in [-0.4, -0.2) is 26.6 Å². The van der Waals surface area contributed by atoms with Crippen LogP contribution in [0.3, 0.4) is 0 Å². The van der Waals surface area contributed by atoms with Gasteiger partial charge in [-0.05, 0) is 37.3 Å². The molecule has 1 saturated heterocycles. The predicted molar refractivity (Wildman–Crippen MR) is 102 cm³/mol. The molecule has 142 valence electrons. The topological polar surface area (TPSA) is 94.1 Å². The van der Waals surface area contributed by atoms with Crippen molar-refractivity contribution in [3.63, 3.8) is 0 Å². The molecular formula is C19H15ClFN5O2. The van der Waals surface area contributed by atoms with Crippen LogP contribution in [0.15, 0.2) is 42.6 Å². The van der Waals surface area contributed by atoms with Gasteiger partial charge in [-0.25, -0.2) is 14.3 Å². The molecule has 0 unspecified atom stereocenters. The van der Waals surface area contributed by atoms with Crippen LogP contribution < -0.4 is 10.6 Å². The van der Waals surface area contributed by atoms with Crippen LogP contribution in [0.4, 0.5) is 15.9 Å².